The minimum atomic E-state index is -0.983. The van der Waals surface area contributed by atoms with Crippen molar-refractivity contribution in [2.75, 3.05) is 47.6 Å². The number of carbonyl (C=O) groups excluding carboxylic acids is 4. The maximum atomic E-state index is 14.0. The Bertz CT molecular complexity index is 1970. The highest BCUT2D eigenvalue weighted by Crippen LogP contribution is 2.21. The Hall–Kier alpha value is -4.64. The van der Waals surface area contributed by atoms with Crippen molar-refractivity contribution in [2.45, 2.75) is 175 Å². The molecular formula is C48H78N8O8S. The van der Waals surface area contributed by atoms with Gasteiger partial charge >= 0.3 is 17.8 Å². The average molecular weight is 927 g/mol. The van der Waals surface area contributed by atoms with Gasteiger partial charge < -0.3 is 40.9 Å². The van der Waals surface area contributed by atoms with Crippen LogP contribution in [0.3, 0.4) is 0 Å². The van der Waals surface area contributed by atoms with Crippen LogP contribution in [0.1, 0.15) is 157 Å². The first-order valence-corrected chi connectivity index (χ1v) is 24.8. The standard InChI is InChI=1S/C48H78N8O8S/c1-9-11-13-14-15-16-17-18-19-20-21-22-39(58)62-28-29-65-33-37(52-46(61)64-48(6,7)8)38(57)30-35(32-63-47(3,4)5)43(59)51-36-25-23-34(24-26-36)31-56-42-40(53-45(56)60)41(49)54-44(55-42)50-27-12-10-2/h23-26,35,37H,9-22,27-33H2,1-8H3,(H,51,59)(H,52,61)(H,53,60)(H3,49,50,54,55)/t35-,37-/m0/s1. The number of aromatic nitrogens is 4. The van der Waals surface area contributed by atoms with E-state index in [0.717, 1.165) is 37.7 Å². The van der Waals surface area contributed by atoms with Gasteiger partial charge in [0.1, 0.15) is 17.7 Å². The lowest BCUT2D eigenvalue weighted by Crippen LogP contribution is -2.46. The summed E-state index contributed by atoms with van der Waals surface area (Å²) in [5.41, 5.74) is 6.34. The second-order valence-corrected chi connectivity index (χ2v) is 19.8. The second kappa shape index (κ2) is 28.4. The molecule has 1 aromatic carbocycles. The van der Waals surface area contributed by atoms with Crippen LogP contribution in [0.5, 0.6) is 0 Å². The Kier molecular flexibility index (Phi) is 23.9. The summed E-state index contributed by atoms with van der Waals surface area (Å²) < 4.78 is 18.4. The van der Waals surface area contributed by atoms with Crippen molar-refractivity contribution >= 4 is 64.1 Å². The number of ketones is 1. The number of nitrogens with zero attached hydrogens (tertiary/aromatic N) is 3. The zero-order valence-electron chi connectivity index (χ0n) is 40.4. The van der Waals surface area contributed by atoms with E-state index in [1.54, 1.807) is 45.0 Å². The lowest BCUT2D eigenvalue weighted by molar-refractivity contribution is -0.143. The zero-order chi connectivity index (χ0) is 47.8. The van der Waals surface area contributed by atoms with Crippen LogP contribution in [0.4, 0.5) is 22.2 Å². The first-order valence-electron chi connectivity index (χ1n) is 23.7. The summed E-state index contributed by atoms with van der Waals surface area (Å²) >= 11 is 1.36. The van der Waals surface area contributed by atoms with Gasteiger partial charge in [-0.15, -0.1) is 0 Å². The van der Waals surface area contributed by atoms with E-state index >= 15 is 0 Å². The molecule has 0 saturated carbocycles. The molecule has 2 atom stereocenters. The van der Waals surface area contributed by atoms with E-state index in [0.29, 0.717) is 41.5 Å². The highest BCUT2D eigenvalue weighted by molar-refractivity contribution is 7.99. The normalized spacial score (nSPS) is 12.7. The molecule has 0 fully saturated rings. The number of aromatic amines is 1. The van der Waals surface area contributed by atoms with Crippen molar-refractivity contribution in [1.29, 1.82) is 0 Å². The first kappa shape index (κ1) is 54.7. The number of amides is 2. The summed E-state index contributed by atoms with van der Waals surface area (Å²) in [6, 6.07) is 6.01. The smallest absolute Gasteiger partial charge is 0.408 e. The molecule has 2 aromatic heterocycles. The van der Waals surface area contributed by atoms with Gasteiger partial charge in [0.15, 0.2) is 17.2 Å². The number of imidazole rings is 1. The second-order valence-electron chi connectivity index (χ2n) is 18.7. The number of rotatable bonds is 31. The van der Waals surface area contributed by atoms with E-state index in [9.17, 15) is 24.0 Å². The fraction of sp³-hybridized carbons (Fsp3) is 0.688. The third-order valence-electron chi connectivity index (χ3n) is 10.4. The number of unbranched alkanes of at least 4 members (excludes halogenated alkanes) is 11. The van der Waals surface area contributed by atoms with Crippen LogP contribution in [0.25, 0.3) is 11.2 Å². The number of H-pyrrole nitrogens is 1. The number of nitrogen functional groups attached to an aromatic ring is 1. The fourth-order valence-electron chi connectivity index (χ4n) is 6.82. The summed E-state index contributed by atoms with van der Waals surface area (Å²) in [6.45, 7) is 16.1. The van der Waals surface area contributed by atoms with Crippen molar-refractivity contribution in [3.8, 4) is 0 Å². The third kappa shape index (κ3) is 21.9. The molecule has 0 aliphatic heterocycles. The van der Waals surface area contributed by atoms with Gasteiger partial charge in [0.25, 0.3) is 0 Å². The van der Waals surface area contributed by atoms with Crippen LogP contribution in [-0.2, 0) is 35.1 Å². The van der Waals surface area contributed by atoms with E-state index in [-0.39, 0.29) is 55.2 Å². The topological polar surface area (TPSA) is 222 Å². The van der Waals surface area contributed by atoms with E-state index in [1.165, 1.54) is 67.7 Å². The predicted octanol–water partition coefficient (Wildman–Crippen LogP) is 9.16. The van der Waals surface area contributed by atoms with Crippen molar-refractivity contribution in [3.63, 3.8) is 0 Å². The molecule has 0 saturated heterocycles. The average Bonchev–Trinajstić information content (AvgIpc) is 3.54. The number of alkyl carbamates (subject to hydrolysis) is 1. The van der Waals surface area contributed by atoms with Gasteiger partial charge in [-0.2, -0.15) is 21.7 Å². The molecule has 3 aromatic rings. The molecule has 0 bridgehead atoms. The minimum Gasteiger partial charge on any atom is -0.465 e. The van der Waals surface area contributed by atoms with Crippen molar-refractivity contribution in [2.24, 2.45) is 5.92 Å². The maximum absolute atomic E-state index is 14.0. The molecule has 0 aliphatic rings. The van der Waals surface area contributed by atoms with E-state index in [2.05, 4.69) is 44.7 Å². The largest absolute Gasteiger partial charge is 0.465 e. The molecule has 0 unspecified atom stereocenters. The molecule has 6 N–H and O–H groups in total. The van der Waals surface area contributed by atoms with Crippen LogP contribution in [0.15, 0.2) is 29.1 Å². The number of thioether (sulfide) groups is 1. The number of hydrogen-bond donors (Lipinski definition) is 5. The first-order chi connectivity index (χ1) is 30.9. The van der Waals surface area contributed by atoms with Gasteiger partial charge in [-0.3, -0.25) is 19.0 Å². The number of ether oxygens (including phenoxy) is 3. The lowest BCUT2D eigenvalue weighted by atomic mass is 9.98. The van der Waals surface area contributed by atoms with E-state index in [4.69, 9.17) is 19.9 Å². The predicted molar refractivity (Wildman–Crippen MR) is 261 cm³/mol. The number of fused-ring (bicyclic) bond motifs is 1. The van der Waals surface area contributed by atoms with Crippen LogP contribution in [0, 0.1) is 5.92 Å². The molecule has 2 amide bonds. The fourth-order valence-corrected chi connectivity index (χ4v) is 7.70. The summed E-state index contributed by atoms with van der Waals surface area (Å²) in [4.78, 5) is 77.6. The van der Waals surface area contributed by atoms with Gasteiger partial charge in [-0.1, -0.05) is 96.6 Å². The Morgan fingerprint density at radius 3 is 2.09 bits per heavy atom. The number of nitrogens with two attached hydrogens (primary N) is 1. The van der Waals surface area contributed by atoms with Crippen LogP contribution >= 0.6 is 11.8 Å². The molecule has 17 heteroatoms. The third-order valence-corrected chi connectivity index (χ3v) is 11.4. The van der Waals surface area contributed by atoms with Gasteiger partial charge in [-0.05, 0) is 72.1 Å². The SMILES string of the molecule is CCCCCCCCCCCCCC(=O)OCCSC[C@H](NC(=O)OC(C)(C)C)C(=O)C[C@@H](COC(C)(C)C)C(=O)Nc1ccc(Cn2c(=O)[nH]c3c(N)nc(NCCCC)nc32)cc1. The molecule has 16 nitrogen and oxygen atoms in total. The van der Waals surface area contributed by atoms with Crippen molar-refractivity contribution < 1.29 is 33.4 Å². The summed E-state index contributed by atoms with van der Waals surface area (Å²) in [7, 11) is 0. The van der Waals surface area contributed by atoms with E-state index < -0.39 is 35.2 Å². The Morgan fingerprint density at radius 2 is 1.48 bits per heavy atom. The minimum absolute atomic E-state index is 0.0513. The van der Waals surface area contributed by atoms with Gasteiger partial charge in [-0.25, -0.2) is 9.59 Å². The Balaban J connectivity index is 1.59. The van der Waals surface area contributed by atoms with Gasteiger partial charge in [0, 0.05) is 36.6 Å². The summed E-state index contributed by atoms with van der Waals surface area (Å²) in [5, 5.41) is 8.77. The summed E-state index contributed by atoms with van der Waals surface area (Å²) in [6.07, 6.45) is 14.6. The monoisotopic (exact) mass is 927 g/mol. The molecule has 0 spiro atoms. The number of benzene rings is 1. The number of anilines is 3. The molecule has 3 rings (SSSR count). The lowest BCUT2D eigenvalue weighted by Gasteiger charge is -2.26. The van der Waals surface area contributed by atoms with Gasteiger partial charge in [0.2, 0.25) is 11.9 Å². The Morgan fingerprint density at radius 1 is 0.846 bits per heavy atom. The maximum Gasteiger partial charge on any atom is 0.408 e. The number of carbonyl (C=O) groups is 4. The molecular weight excluding hydrogens is 849 g/mol. The van der Waals surface area contributed by atoms with Crippen molar-refractivity contribution in [3.05, 3.63) is 40.3 Å². The number of nitrogens with one attached hydrogen (secondary N) is 4. The quantitative estimate of drug-likeness (QED) is 0.0300. The van der Waals surface area contributed by atoms with Crippen LogP contribution < -0.4 is 27.4 Å². The van der Waals surface area contributed by atoms with Crippen LogP contribution in [-0.4, -0.2) is 91.8 Å². The summed E-state index contributed by atoms with van der Waals surface area (Å²) in [5.74, 6) is -0.844. The highest BCUT2D eigenvalue weighted by Gasteiger charge is 2.31. The number of hydrogen-bond acceptors (Lipinski definition) is 13. The van der Waals surface area contributed by atoms with E-state index in [1.807, 2.05) is 20.8 Å². The van der Waals surface area contributed by atoms with Gasteiger partial charge in [0.05, 0.1) is 30.7 Å². The van der Waals surface area contributed by atoms with Crippen LogP contribution in [0.2, 0.25) is 0 Å². The zero-order valence-corrected chi connectivity index (χ0v) is 41.2. The number of esters is 1. The molecule has 0 aliphatic carbocycles. The molecule has 2 heterocycles. The molecule has 65 heavy (non-hydrogen) atoms. The molecule has 364 valence electrons. The highest BCUT2D eigenvalue weighted by atomic mass is 32.2. The number of Topliss-reactive ketones (excluding diaryl/α,β-unsaturated/α-hetero) is 1. The Labute approximate surface area is 390 Å². The van der Waals surface area contributed by atoms with Crippen molar-refractivity contribution in [1.82, 2.24) is 24.8 Å². The molecule has 0 radical (unpaired) electrons.